The number of hydrogen-bond donors (Lipinski definition) is 1. The number of ether oxygens (including phenoxy) is 1. The molecule has 0 aliphatic rings. The topological polar surface area (TPSA) is 81.5 Å². The monoisotopic (exact) mass is 428 g/mol. The molecule has 0 saturated carbocycles. The van der Waals surface area contributed by atoms with Crippen LogP contribution < -0.4 is 15.7 Å². The third-order valence-corrected chi connectivity index (χ3v) is 4.82. The van der Waals surface area contributed by atoms with Gasteiger partial charge in [0.15, 0.2) is 12.3 Å². The van der Waals surface area contributed by atoms with Crippen LogP contribution in [0.3, 0.4) is 0 Å². The zero-order valence-electron chi connectivity index (χ0n) is 15.2. The third-order valence-electron chi connectivity index (χ3n) is 4.09. The maximum absolute atomic E-state index is 14.3. The molecule has 0 aliphatic heterocycles. The lowest BCUT2D eigenvalue weighted by atomic mass is 10.0. The van der Waals surface area contributed by atoms with E-state index in [9.17, 15) is 22.4 Å². The number of aromatic nitrogens is 4. The maximum atomic E-state index is 14.3. The van der Waals surface area contributed by atoms with Crippen molar-refractivity contribution >= 4 is 28.2 Å². The number of H-pyrrole nitrogens is 1. The van der Waals surface area contributed by atoms with Crippen LogP contribution in [0, 0.1) is 12.7 Å². The number of alkyl halides is 3. The van der Waals surface area contributed by atoms with Crippen molar-refractivity contribution < 1.29 is 27.0 Å². The van der Waals surface area contributed by atoms with E-state index in [-0.39, 0.29) is 16.9 Å². The fourth-order valence-corrected chi connectivity index (χ4v) is 2.85. The molecule has 0 bridgehead atoms. The van der Waals surface area contributed by atoms with Gasteiger partial charge in [-0.1, -0.05) is 6.07 Å². The van der Waals surface area contributed by atoms with Gasteiger partial charge in [-0.15, -0.1) is 9.24 Å². The van der Waals surface area contributed by atoms with E-state index in [0.717, 1.165) is 4.52 Å². The Morgan fingerprint density at radius 1 is 1.38 bits per heavy atom. The molecular formula is C16H14BF4N4O3P. The van der Waals surface area contributed by atoms with E-state index in [2.05, 4.69) is 29.0 Å². The summed E-state index contributed by atoms with van der Waals surface area (Å²) in [5.41, 5.74) is 0.158. The van der Waals surface area contributed by atoms with E-state index in [1.165, 1.54) is 13.0 Å². The highest BCUT2D eigenvalue weighted by Gasteiger charge is 2.29. The molecule has 0 spiro atoms. The summed E-state index contributed by atoms with van der Waals surface area (Å²) in [4.78, 5) is 18.3. The minimum absolute atomic E-state index is 0.139. The molecule has 2 radical (unpaired) electrons. The quantitative estimate of drug-likeness (QED) is 0.383. The fraction of sp³-hybridized carbons (Fsp3) is 0.312. The lowest BCUT2D eigenvalue weighted by molar-refractivity contribution is -0.154. The number of aromatic amines is 1. The predicted molar refractivity (Wildman–Crippen MR) is 99.9 cm³/mol. The van der Waals surface area contributed by atoms with Crippen LogP contribution in [0.25, 0.3) is 16.8 Å². The molecule has 0 amide bonds. The minimum atomic E-state index is -4.63. The Labute approximate surface area is 165 Å². The number of benzene rings is 1. The second kappa shape index (κ2) is 7.76. The maximum Gasteiger partial charge on any atom is 0.422 e. The highest BCUT2D eigenvalue weighted by Crippen LogP contribution is 2.33. The molecule has 7 nitrogen and oxygen atoms in total. The van der Waals surface area contributed by atoms with Gasteiger partial charge in [0.1, 0.15) is 11.5 Å². The average Bonchev–Trinajstić information content (AvgIpc) is 3.03. The van der Waals surface area contributed by atoms with Gasteiger partial charge >= 0.3 is 11.9 Å². The van der Waals surface area contributed by atoms with Crippen LogP contribution in [-0.4, -0.2) is 40.4 Å². The Morgan fingerprint density at radius 3 is 2.66 bits per heavy atom. The number of aryl methyl sites for hydroxylation is 1. The molecule has 13 heteroatoms. The van der Waals surface area contributed by atoms with Crippen LogP contribution in [0.5, 0.6) is 6.01 Å². The predicted octanol–water partition coefficient (Wildman–Crippen LogP) is 2.13. The molecule has 2 atom stereocenters. The van der Waals surface area contributed by atoms with E-state index in [4.69, 9.17) is 12.7 Å². The summed E-state index contributed by atoms with van der Waals surface area (Å²) in [5.74, 6) is -0.546. The van der Waals surface area contributed by atoms with E-state index < -0.39 is 36.4 Å². The summed E-state index contributed by atoms with van der Waals surface area (Å²) in [6.45, 7) is 1.55. The molecule has 2 heterocycles. The van der Waals surface area contributed by atoms with Gasteiger partial charge in [0.2, 0.25) is 0 Å². The largest absolute Gasteiger partial charge is 0.455 e. The molecular weight excluding hydrogens is 414 g/mol. The van der Waals surface area contributed by atoms with E-state index >= 15 is 0 Å². The Bertz CT molecular complexity index is 1110. The van der Waals surface area contributed by atoms with Gasteiger partial charge in [0, 0.05) is 5.30 Å². The minimum Gasteiger partial charge on any atom is -0.455 e. The molecule has 3 rings (SSSR count). The standard InChI is InChI=1S/C16H14BF4N4O3P/c1-6-3-8(4-9(18)12(6)29)10-11(7(2)28-17)24-25-13(10)22-14(23-15(25)26)27-5-16(19,20)21/h3-4,7H,5,29H2,1-2H3,(H,22,23,26). The zero-order chi connectivity index (χ0) is 21.5. The average molecular weight is 428 g/mol. The van der Waals surface area contributed by atoms with Crippen molar-refractivity contribution in [2.75, 3.05) is 6.61 Å². The Hall–Kier alpha value is -2.46. The van der Waals surface area contributed by atoms with Crippen molar-refractivity contribution in [1.29, 1.82) is 0 Å². The Morgan fingerprint density at radius 2 is 2.07 bits per heavy atom. The summed E-state index contributed by atoms with van der Waals surface area (Å²) < 4.78 is 61.8. The molecule has 2 unspecified atom stereocenters. The van der Waals surface area contributed by atoms with Crippen molar-refractivity contribution in [2.45, 2.75) is 26.1 Å². The van der Waals surface area contributed by atoms with Crippen LogP contribution in [0.15, 0.2) is 16.9 Å². The first kappa shape index (κ1) is 21.3. The SMILES string of the molecule is [B]OC(C)c1nn2c(=O)[nH]c(OCC(F)(F)F)nc2c1-c1cc(C)c(P)c(F)c1. The molecule has 3 aromatic rings. The molecule has 2 aromatic heterocycles. The van der Waals surface area contributed by atoms with Crippen molar-refractivity contribution in [2.24, 2.45) is 0 Å². The van der Waals surface area contributed by atoms with E-state index in [0.29, 0.717) is 16.4 Å². The molecule has 29 heavy (non-hydrogen) atoms. The first-order chi connectivity index (χ1) is 13.5. The van der Waals surface area contributed by atoms with Crippen molar-refractivity contribution in [3.05, 3.63) is 39.7 Å². The van der Waals surface area contributed by atoms with Crippen LogP contribution in [0.2, 0.25) is 0 Å². The van der Waals surface area contributed by atoms with Crippen LogP contribution in [-0.2, 0) is 4.65 Å². The summed E-state index contributed by atoms with van der Waals surface area (Å²) in [7, 11) is 7.51. The Kier molecular flexibility index (Phi) is 5.69. The van der Waals surface area contributed by atoms with Crippen LogP contribution in [0.1, 0.15) is 24.3 Å². The van der Waals surface area contributed by atoms with Gasteiger partial charge in [-0.3, -0.25) is 4.98 Å². The van der Waals surface area contributed by atoms with Crippen molar-refractivity contribution in [3.63, 3.8) is 0 Å². The van der Waals surface area contributed by atoms with E-state index in [1.807, 2.05) is 0 Å². The first-order valence-corrected chi connectivity index (χ1v) is 8.73. The highest BCUT2D eigenvalue weighted by atomic mass is 31.0. The van der Waals surface area contributed by atoms with Gasteiger partial charge < -0.3 is 9.39 Å². The summed E-state index contributed by atoms with van der Waals surface area (Å²) in [5, 5.41) is 4.43. The summed E-state index contributed by atoms with van der Waals surface area (Å²) in [6, 6.07) is 2.15. The lowest BCUT2D eigenvalue weighted by Crippen LogP contribution is -2.24. The third kappa shape index (κ3) is 4.28. The number of hydrogen-bond acceptors (Lipinski definition) is 5. The van der Waals surface area contributed by atoms with Gasteiger partial charge in [0.05, 0.1) is 11.7 Å². The van der Waals surface area contributed by atoms with Crippen LogP contribution >= 0.6 is 9.24 Å². The molecule has 1 aromatic carbocycles. The van der Waals surface area contributed by atoms with Crippen molar-refractivity contribution in [3.8, 4) is 17.1 Å². The second-order valence-corrected chi connectivity index (χ2v) is 6.79. The zero-order valence-corrected chi connectivity index (χ0v) is 16.3. The van der Waals surface area contributed by atoms with Gasteiger partial charge in [-0.25, -0.2) is 9.18 Å². The fourth-order valence-electron chi connectivity index (χ4n) is 2.68. The second-order valence-electron chi connectivity index (χ2n) is 6.21. The van der Waals surface area contributed by atoms with Crippen LogP contribution in [0.4, 0.5) is 17.6 Å². The lowest BCUT2D eigenvalue weighted by Gasteiger charge is -2.12. The number of halogens is 4. The Balaban J connectivity index is 2.27. The normalized spacial score (nSPS) is 13.1. The number of rotatable bonds is 5. The van der Waals surface area contributed by atoms with E-state index in [1.54, 1.807) is 13.0 Å². The molecule has 1 N–H and O–H groups in total. The van der Waals surface area contributed by atoms with Gasteiger partial charge in [0.25, 0.3) is 14.1 Å². The highest BCUT2D eigenvalue weighted by molar-refractivity contribution is 7.27. The molecule has 0 aliphatic carbocycles. The number of nitrogens with one attached hydrogen (secondary N) is 1. The molecule has 0 fully saturated rings. The summed E-state index contributed by atoms with van der Waals surface area (Å²) >= 11 is 0. The van der Waals surface area contributed by atoms with Crippen molar-refractivity contribution in [1.82, 2.24) is 19.6 Å². The van der Waals surface area contributed by atoms with Gasteiger partial charge in [-0.05, 0) is 31.0 Å². The molecule has 152 valence electrons. The smallest absolute Gasteiger partial charge is 0.422 e. The number of fused-ring (bicyclic) bond motifs is 1. The number of nitrogens with zero attached hydrogens (tertiary/aromatic N) is 3. The van der Waals surface area contributed by atoms with Gasteiger partial charge in [-0.2, -0.15) is 27.8 Å². The summed E-state index contributed by atoms with van der Waals surface area (Å²) in [6.07, 6.45) is -5.46. The molecule has 0 saturated heterocycles. The first-order valence-electron chi connectivity index (χ1n) is 8.16.